The van der Waals surface area contributed by atoms with E-state index in [2.05, 4.69) is 27.4 Å². The molecule has 0 aliphatic heterocycles. The van der Waals surface area contributed by atoms with Crippen LogP contribution in [0.4, 0.5) is 10.5 Å². The fourth-order valence-electron chi connectivity index (χ4n) is 3.09. The first-order valence-corrected chi connectivity index (χ1v) is 10.0. The molecule has 0 aliphatic rings. The lowest BCUT2D eigenvalue weighted by atomic mass is 10.1. The average molecular weight is 420 g/mol. The Morgan fingerprint density at radius 1 is 1.19 bits per heavy atom. The summed E-state index contributed by atoms with van der Waals surface area (Å²) in [6.45, 7) is 6.33. The van der Waals surface area contributed by atoms with Crippen LogP contribution < -0.4 is 15.6 Å². The normalized spacial score (nSPS) is 10.5. The maximum absolute atomic E-state index is 12.1. The Bertz CT molecular complexity index is 1100. The number of rotatable bonds is 7. The predicted octanol–water partition coefficient (Wildman–Crippen LogP) is 3.49. The van der Waals surface area contributed by atoms with Crippen molar-refractivity contribution < 1.29 is 15.1 Å². The molecular formula is C23H27N6O2+. The van der Waals surface area contributed by atoms with E-state index in [9.17, 15) is 4.79 Å². The Balaban J connectivity index is 1.78. The van der Waals surface area contributed by atoms with Crippen molar-refractivity contribution in [3.05, 3.63) is 71.0 Å². The largest absolute Gasteiger partial charge is 0.489 e. The van der Waals surface area contributed by atoms with Gasteiger partial charge in [-0.2, -0.15) is 5.53 Å². The Morgan fingerprint density at radius 2 is 2.00 bits per heavy atom. The first-order valence-electron chi connectivity index (χ1n) is 10.0. The number of hydrogen-bond acceptors (Lipinski definition) is 5. The number of anilines is 1. The molecule has 0 saturated heterocycles. The van der Waals surface area contributed by atoms with E-state index >= 15 is 0 Å². The number of nitrogens with one attached hydrogen (secondary N) is 1. The second-order valence-electron chi connectivity index (χ2n) is 7.16. The summed E-state index contributed by atoms with van der Waals surface area (Å²) in [4.78, 5) is 21.1. The zero-order valence-electron chi connectivity index (χ0n) is 18.2. The molecule has 160 valence electrons. The molecule has 8 heteroatoms. The third-order valence-corrected chi connectivity index (χ3v) is 5.00. The summed E-state index contributed by atoms with van der Waals surface area (Å²) in [5, 5.41) is 7.21. The van der Waals surface area contributed by atoms with Gasteiger partial charge in [-0.05, 0) is 61.7 Å². The number of aromatic nitrogens is 2. The zero-order valence-corrected chi connectivity index (χ0v) is 18.2. The van der Waals surface area contributed by atoms with Gasteiger partial charge in [-0.1, -0.05) is 24.1 Å². The first kappa shape index (κ1) is 21.9. The van der Waals surface area contributed by atoms with Gasteiger partial charge < -0.3 is 4.74 Å². The predicted molar refractivity (Wildman–Crippen MR) is 118 cm³/mol. The SMILES string of the molecule is CCc1ccnc(-c2ccc(OCc3c(C)cccc3NC(=O)N(C)N=[NH2+])c(C)c2)n1. The van der Waals surface area contributed by atoms with E-state index in [4.69, 9.17) is 10.3 Å². The van der Waals surface area contributed by atoms with Crippen molar-refractivity contribution in [3.8, 4) is 17.1 Å². The van der Waals surface area contributed by atoms with Gasteiger partial charge in [0.2, 0.25) is 0 Å². The molecule has 2 amide bonds. The summed E-state index contributed by atoms with van der Waals surface area (Å²) >= 11 is 0. The summed E-state index contributed by atoms with van der Waals surface area (Å²) in [6.07, 6.45) is 2.64. The molecule has 0 radical (unpaired) electrons. The molecule has 0 bridgehead atoms. The molecule has 0 aliphatic carbocycles. The molecule has 3 aromatic rings. The minimum atomic E-state index is -0.427. The van der Waals surface area contributed by atoms with Crippen LogP contribution in [-0.2, 0) is 13.0 Å². The third kappa shape index (κ3) is 5.22. The fourth-order valence-corrected chi connectivity index (χ4v) is 3.09. The second kappa shape index (κ2) is 9.80. The topological polar surface area (TPSA) is 105 Å². The number of carbonyl (C=O) groups excluding carboxylic acids is 1. The van der Waals surface area contributed by atoms with Gasteiger partial charge in [-0.25, -0.2) is 14.8 Å². The number of ether oxygens (including phenoxy) is 1. The highest BCUT2D eigenvalue weighted by atomic mass is 16.5. The number of aryl methyl sites for hydroxylation is 3. The van der Waals surface area contributed by atoms with Crippen LogP contribution in [0.1, 0.15) is 29.3 Å². The van der Waals surface area contributed by atoms with Crippen molar-refractivity contribution in [2.45, 2.75) is 33.8 Å². The van der Waals surface area contributed by atoms with E-state index in [0.29, 0.717) is 18.1 Å². The van der Waals surface area contributed by atoms with E-state index < -0.39 is 6.03 Å². The minimum Gasteiger partial charge on any atom is -0.489 e. The Hall–Kier alpha value is -3.81. The van der Waals surface area contributed by atoms with Crippen molar-refractivity contribution >= 4 is 11.7 Å². The van der Waals surface area contributed by atoms with E-state index in [-0.39, 0.29) is 0 Å². The van der Waals surface area contributed by atoms with Gasteiger partial charge in [-0.15, -0.1) is 0 Å². The maximum atomic E-state index is 12.1. The number of nitrogens with zero attached hydrogens (tertiary/aromatic N) is 4. The van der Waals surface area contributed by atoms with Gasteiger partial charge in [0.15, 0.2) is 5.82 Å². The van der Waals surface area contributed by atoms with Gasteiger partial charge in [-0.3, -0.25) is 5.32 Å². The van der Waals surface area contributed by atoms with Crippen LogP contribution in [0.2, 0.25) is 0 Å². The number of urea groups is 1. The Morgan fingerprint density at radius 3 is 2.71 bits per heavy atom. The fraction of sp³-hybridized carbons (Fsp3) is 0.261. The lowest BCUT2D eigenvalue weighted by molar-refractivity contribution is -0.248. The molecule has 3 rings (SSSR count). The number of carbonyl (C=O) groups is 1. The highest BCUT2D eigenvalue weighted by molar-refractivity contribution is 5.89. The molecule has 0 atom stereocenters. The van der Waals surface area contributed by atoms with Crippen molar-refractivity contribution in [2.75, 3.05) is 12.4 Å². The van der Waals surface area contributed by atoms with Crippen molar-refractivity contribution in [2.24, 2.45) is 5.22 Å². The van der Waals surface area contributed by atoms with Gasteiger partial charge >= 0.3 is 6.03 Å². The van der Waals surface area contributed by atoms with Crippen LogP contribution in [0.3, 0.4) is 0 Å². The average Bonchev–Trinajstić information content (AvgIpc) is 2.78. The van der Waals surface area contributed by atoms with Gasteiger partial charge in [0.1, 0.15) is 19.4 Å². The third-order valence-electron chi connectivity index (χ3n) is 5.00. The molecule has 8 nitrogen and oxygen atoms in total. The smallest absolute Gasteiger partial charge is 0.433 e. The lowest BCUT2D eigenvalue weighted by Crippen LogP contribution is -2.37. The van der Waals surface area contributed by atoms with Crippen LogP contribution >= 0.6 is 0 Å². The molecule has 1 aromatic heterocycles. The summed E-state index contributed by atoms with van der Waals surface area (Å²) in [6, 6.07) is 13.1. The monoisotopic (exact) mass is 419 g/mol. The van der Waals surface area contributed by atoms with Crippen LogP contribution in [0.5, 0.6) is 5.75 Å². The van der Waals surface area contributed by atoms with Gasteiger partial charge in [0.05, 0.1) is 10.9 Å². The van der Waals surface area contributed by atoms with Crippen LogP contribution in [-0.4, -0.2) is 28.1 Å². The standard InChI is InChI=1S/C23H26N6O2/c1-5-18-11-12-25-22(26-18)17-9-10-21(16(3)13-17)31-14-19-15(2)7-6-8-20(19)27-23(30)29(4)28-24/h6-13,24H,5,14H2,1-4H3,(H,27,30)/p+1. The lowest BCUT2D eigenvalue weighted by Gasteiger charge is -2.16. The van der Waals surface area contributed by atoms with Crippen molar-refractivity contribution in [1.82, 2.24) is 15.0 Å². The molecular weight excluding hydrogens is 392 g/mol. The Kier molecular flexibility index (Phi) is 6.92. The maximum Gasteiger partial charge on any atom is 0.433 e. The molecule has 31 heavy (non-hydrogen) atoms. The van der Waals surface area contributed by atoms with Crippen LogP contribution in [0.25, 0.3) is 11.4 Å². The summed E-state index contributed by atoms with van der Waals surface area (Å²) in [7, 11) is 1.48. The molecule has 2 aromatic carbocycles. The summed E-state index contributed by atoms with van der Waals surface area (Å²) in [5.41, 5.74) is 10.6. The number of hydrogen-bond donors (Lipinski definition) is 2. The second-order valence-corrected chi connectivity index (χ2v) is 7.16. The van der Waals surface area contributed by atoms with Gasteiger partial charge in [0, 0.05) is 23.0 Å². The van der Waals surface area contributed by atoms with E-state index in [0.717, 1.165) is 45.1 Å². The quantitative estimate of drug-likeness (QED) is 0.452. The molecule has 0 unspecified atom stereocenters. The molecule has 0 fully saturated rings. The van der Waals surface area contributed by atoms with E-state index in [1.807, 2.05) is 56.3 Å². The van der Waals surface area contributed by atoms with Crippen LogP contribution in [0, 0.1) is 13.8 Å². The molecule has 1 heterocycles. The first-order chi connectivity index (χ1) is 14.9. The Labute approximate surface area is 181 Å². The molecule has 0 spiro atoms. The van der Waals surface area contributed by atoms with Crippen LogP contribution in [0.15, 0.2) is 53.9 Å². The highest BCUT2D eigenvalue weighted by Crippen LogP contribution is 2.27. The summed E-state index contributed by atoms with van der Waals surface area (Å²) in [5.74, 6) is 1.46. The zero-order chi connectivity index (χ0) is 22.4. The number of amides is 2. The van der Waals surface area contributed by atoms with Gasteiger partial charge in [0.25, 0.3) is 0 Å². The highest BCUT2D eigenvalue weighted by Gasteiger charge is 2.17. The van der Waals surface area contributed by atoms with E-state index in [1.165, 1.54) is 7.05 Å². The van der Waals surface area contributed by atoms with Crippen molar-refractivity contribution in [3.63, 3.8) is 0 Å². The molecule has 0 saturated carbocycles. The summed E-state index contributed by atoms with van der Waals surface area (Å²) < 4.78 is 6.09. The molecule has 3 N–H and O–H groups in total. The van der Waals surface area contributed by atoms with Crippen molar-refractivity contribution in [1.29, 1.82) is 0 Å². The van der Waals surface area contributed by atoms with E-state index in [1.54, 1.807) is 6.20 Å². The minimum absolute atomic E-state index is 0.299. The number of benzene rings is 2. The number of nitrogens with two attached hydrogens (primary N) is 1.